The number of hydrogen-bond acceptors (Lipinski definition) is 4. The molecule has 0 bridgehead atoms. The predicted molar refractivity (Wildman–Crippen MR) is 123 cm³/mol. The van der Waals surface area contributed by atoms with Crippen LogP contribution < -0.4 is 10.6 Å². The lowest BCUT2D eigenvalue weighted by atomic mass is 9.88. The fraction of sp³-hybridized carbons (Fsp3) is 0.400. The maximum Gasteiger partial charge on any atom is 0.416 e. The first-order valence-corrected chi connectivity index (χ1v) is 11.3. The number of nitrogens with one attached hydrogen (secondary N) is 2. The zero-order chi connectivity index (χ0) is 25.4. The molecule has 7 nitrogen and oxygen atoms in total. The summed E-state index contributed by atoms with van der Waals surface area (Å²) >= 11 is 0. The normalized spacial score (nSPS) is 15.4. The zero-order valence-electron chi connectivity index (χ0n) is 19.3. The Bertz CT molecular complexity index is 1020. The van der Waals surface area contributed by atoms with Crippen LogP contribution in [0, 0.1) is 5.92 Å². The van der Waals surface area contributed by atoms with Crippen LogP contribution in [0.4, 0.5) is 13.2 Å². The number of nitrogens with zero attached hydrogens (tertiary/aromatic N) is 1. The van der Waals surface area contributed by atoms with Crippen LogP contribution in [0.15, 0.2) is 54.6 Å². The minimum atomic E-state index is -4.54. The van der Waals surface area contributed by atoms with Crippen molar-refractivity contribution in [1.82, 2.24) is 15.5 Å². The van der Waals surface area contributed by atoms with Crippen molar-refractivity contribution in [2.45, 2.75) is 25.1 Å². The Labute approximate surface area is 201 Å². The van der Waals surface area contributed by atoms with Gasteiger partial charge in [0.1, 0.15) is 6.04 Å². The molecule has 0 saturated carbocycles. The molecule has 1 atom stereocenters. The van der Waals surface area contributed by atoms with Gasteiger partial charge in [0, 0.05) is 37.9 Å². The van der Waals surface area contributed by atoms with E-state index in [1.807, 2.05) is 0 Å². The molecule has 3 amide bonds. The second-order valence-corrected chi connectivity index (χ2v) is 8.31. The number of hydrogen-bond donors (Lipinski definition) is 2. The van der Waals surface area contributed by atoms with Gasteiger partial charge in [-0.3, -0.25) is 14.4 Å². The van der Waals surface area contributed by atoms with Gasteiger partial charge < -0.3 is 20.3 Å². The molecule has 0 unspecified atom stereocenters. The first-order valence-electron chi connectivity index (χ1n) is 11.3. The van der Waals surface area contributed by atoms with Crippen LogP contribution in [-0.2, 0) is 15.7 Å². The summed E-state index contributed by atoms with van der Waals surface area (Å²) in [6.07, 6.45) is -3.73. The summed E-state index contributed by atoms with van der Waals surface area (Å²) in [4.78, 5) is 39.9. The van der Waals surface area contributed by atoms with Crippen molar-refractivity contribution in [1.29, 1.82) is 0 Å². The predicted octanol–water partition coefficient (Wildman–Crippen LogP) is 3.12. The number of carbonyl (C=O) groups excluding carboxylic acids is 3. The summed E-state index contributed by atoms with van der Waals surface area (Å²) < 4.78 is 44.0. The van der Waals surface area contributed by atoms with Crippen molar-refractivity contribution < 1.29 is 32.3 Å². The van der Waals surface area contributed by atoms with E-state index in [-0.39, 0.29) is 42.9 Å². The molecule has 1 aliphatic heterocycles. The van der Waals surface area contributed by atoms with E-state index >= 15 is 0 Å². The Morgan fingerprint density at radius 1 is 1.03 bits per heavy atom. The van der Waals surface area contributed by atoms with Gasteiger partial charge in [-0.1, -0.05) is 24.3 Å². The van der Waals surface area contributed by atoms with Gasteiger partial charge in [0.05, 0.1) is 12.2 Å². The van der Waals surface area contributed by atoms with Crippen molar-refractivity contribution in [2.24, 2.45) is 5.92 Å². The van der Waals surface area contributed by atoms with Crippen molar-refractivity contribution in [3.63, 3.8) is 0 Å². The maximum absolute atomic E-state index is 13.0. The molecule has 3 rings (SSSR count). The quantitative estimate of drug-likeness (QED) is 0.556. The zero-order valence-corrected chi connectivity index (χ0v) is 19.3. The van der Waals surface area contributed by atoms with Gasteiger partial charge in [-0.05, 0) is 49.1 Å². The van der Waals surface area contributed by atoms with E-state index in [9.17, 15) is 27.6 Å². The van der Waals surface area contributed by atoms with Crippen LogP contribution in [0.3, 0.4) is 0 Å². The van der Waals surface area contributed by atoms with Gasteiger partial charge in [0.25, 0.3) is 11.8 Å². The molecule has 0 spiro atoms. The Morgan fingerprint density at radius 2 is 1.69 bits per heavy atom. The van der Waals surface area contributed by atoms with E-state index in [0.29, 0.717) is 25.0 Å². The molecule has 10 heteroatoms. The third kappa shape index (κ3) is 7.05. The minimum absolute atomic E-state index is 0.0375. The van der Waals surface area contributed by atoms with Gasteiger partial charge in [-0.25, -0.2) is 0 Å². The Kier molecular flexibility index (Phi) is 8.86. The molecule has 0 aliphatic carbocycles. The first kappa shape index (κ1) is 26.2. The second-order valence-electron chi connectivity index (χ2n) is 8.31. The lowest BCUT2D eigenvalue weighted by Gasteiger charge is -2.36. The molecule has 1 aliphatic rings. The van der Waals surface area contributed by atoms with Gasteiger partial charge in [0.2, 0.25) is 5.91 Å². The molecule has 2 N–H and O–H groups in total. The number of rotatable bonds is 8. The van der Waals surface area contributed by atoms with Gasteiger partial charge in [-0.15, -0.1) is 0 Å². The maximum atomic E-state index is 13.0. The average Bonchev–Trinajstić information content (AvgIpc) is 2.87. The van der Waals surface area contributed by atoms with Crippen LogP contribution in [0.25, 0.3) is 0 Å². The number of halogens is 3. The van der Waals surface area contributed by atoms with Gasteiger partial charge >= 0.3 is 6.18 Å². The molecular formula is C25H28F3N3O4. The molecule has 1 saturated heterocycles. The lowest BCUT2D eigenvalue weighted by molar-refractivity contribution is -0.137. The van der Waals surface area contributed by atoms with Crippen molar-refractivity contribution >= 4 is 17.7 Å². The second kappa shape index (κ2) is 11.8. The summed E-state index contributed by atoms with van der Waals surface area (Å²) in [5.41, 5.74) is -0.501. The number of alkyl halides is 3. The number of amides is 3. The highest BCUT2D eigenvalue weighted by Crippen LogP contribution is 2.30. The fourth-order valence-corrected chi connectivity index (χ4v) is 4.04. The lowest BCUT2D eigenvalue weighted by Crippen LogP contribution is -2.54. The largest absolute Gasteiger partial charge is 0.416 e. The number of benzene rings is 2. The molecule has 0 aromatic heterocycles. The Morgan fingerprint density at radius 3 is 2.31 bits per heavy atom. The number of likely N-dealkylation sites (tertiary alicyclic amines) is 1. The smallest absolute Gasteiger partial charge is 0.383 e. The number of carbonyl (C=O) groups is 3. The molecule has 1 fully saturated rings. The standard InChI is InChI=1S/C25H28F3N3O4/c1-35-15-12-29-23(33)21(30-22(32)18-6-3-2-4-7-18)17-10-13-31(14-11-17)24(34)19-8-5-9-20(16-19)25(26,27)28/h2-9,16-17,21H,10-15H2,1H3,(H,29,33)(H,30,32)/t21-/m1/s1. The highest BCUT2D eigenvalue weighted by molar-refractivity contribution is 5.97. The van der Waals surface area contributed by atoms with E-state index in [1.165, 1.54) is 24.1 Å². The highest BCUT2D eigenvalue weighted by Gasteiger charge is 2.35. The highest BCUT2D eigenvalue weighted by atomic mass is 19.4. The topological polar surface area (TPSA) is 87.7 Å². The summed E-state index contributed by atoms with van der Waals surface area (Å²) in [7, 11) is 1.51. The molecular weight excluding hydrogens is 463 g/mol. The van der Waals surface area contributed by atoms with Crippen LogP contribution in [0.1, 0.15) is 39.1 Å². The summed E-state index contributed by atoms with van der Waals surface area (Å²) in [5.74, 6) is -1.49. The first-order chi connectivity index (χ1) is 16.7. The number of ether oxygens (including phenoxy) is 1. The molecule has 2 aromatic rings. The van der Waals surface area contributed by atoms with E-state index in [2.05, 4.69) is 10.6 Å². The third-order valence-corrected chi connectivity index (χ3v) is 5.95. The molecule has 35 heavy (non-hydrogen) atoms. The van der Waals surface area contributed by atoms with Gasteiger partial charge in [0.15, 0.2) is 0 Å². The van der Waals surface area contributed by atoms with E-state index < -0.39 is 23.7 Å². The van der Waals surface area contributed by atoms with Crippen LogP contribution in [0.2, 0.25) is 0 Å². The summed E-state index contributed by atoms with van der Waals surface area (Å²) in [6.45, 7) is 1.10. The molecule has 0 radical (unpaired) electrons. The molecule has 1 heterocycles. The average molecular weight is 492 g/mol. The van der Waals surface area contributed by atoms with Crippen molar-refractivity contribution in [3.8, 4) is 0 Å². The van der Waals surface area contributed by atoms with Crippen molar-refractivity contribution in [2.75, 3.05) is 33.4 Å². The van der Waals surface area contributed by atoms with Crippen molar-refractivity contribution in [3.05, 3.63) is 71.3 Å². The number of methoxy groups -OCH3 is 1. The monoisotopic (exact) mass is 491 g/mol. The summed E-state index contributed by atoms with van der Waals surface area (Å²) in [5, 5.41) is 5.56. The van der Waals surface area contributed by atoms with Crippen LogP contribution in [0.5, 0.6) is 0 Å². The van der Waals surface area contributed by atoms with E-state index in [4.69, 9.17) is 4.74 Å². The molecule has 2 aromatic carbocycles. The Hall–Kier alpha value is -3.40. The third-order valence-electron chi connectivity index (χ3n) is 5.95. The number of piperidine rings is 1. The SMILES string of the molecule is COCCNC(=O)[C@H](NC(=O)c1ccccc1)C1CCN(C(=O)c2cccc(C(F)(F)F)c2)CC1. The Balaban J connectivity index is 1.68. The van der Waals surface area contributed by atoms with E-state index in [1.54, 1.807) is 30.3 Å². The van der Waals surface area contributed by atoms with Crippen LogP contribution >= 0.6 is 0 Å². The fourth-order valence-electron chi connectivity index (χ4n) is 4.04. The molecule has 188 valence electrons. The minimum Gasteiger partial charge on any atom is -0.383 e. The van der Waals surface area contributed by atoms with E-state index in [0.717, 1.165) is 12.1 Å². The van der Waals surface area contributed by atoms with Gasteiger partial charge in [-0.2, -0.15) is 13.2 Å². The summed E-state index contributed by atoms with van der Waals surface area (Å²) in [6, 6.07) is 12.0. The van der Waals surface area contributed by atoms with Crippen LogP contribution in [-0.4, -0.2) is 62.0 Å².